The Morgan fingerprint density at radius 1 is 1.43 bits per heavy atom. The van der Waals surface area contributed by atoms with Crippen LogP contribution in [0.4, 0.5) is 0 Å². The summed E-state index contributed by atoms with van der Waals surface area (Å²) in [6.07, 6.45) is -0.772. The van der Waals surface area contributed by atoms with Gasteiger partial charge in [-0.1, -0.05) is 0 Å². The maximum Gasteiger partial charge on any atom is 0.331 e. The molecule has 1 aromatic heterocycles. The average molecular weight is 300 g/mol. The van der Waals surface area contributed by atoms with Crippen LogP contribution in [-0.2, 0) is 14.2 Å². The molecule has 0 fully saturated rings. The van der Waals surface area contributed by atoms with Gasteiger partial charge in [0.1, 0.15) is 6.61 Å². The topological polar surface area (TPSA) is 123 Å². The predicted molar refractivity (Wildman–Crippen MR) is 69.8 cm³/mol. The van der Waals surface area contributed by atoms with Gasteiger partial charge in [-0.25, -0.2) is 4.79 Å². The monoisotopic (exact) mass is 300 g/mol. The number of H-pyrrole nitrogens is 1. The molecule has 1 aliphatic heterocycles. The van der Waals surface area contributed by atoms with E-state index in [4.69, 9.17) is 19.3 Å². The molecule has 0 amide bonds. The molecule has 9 heteroatoms. The third-order valence-corrected chi connectivity index (χ3v) is 2.93. The molecular weight excluding hydrogens is 284 g/mol. The van der Waals surface area contributed by atoms with Crippen molar-refractivity contribution in [2.75, 3.05) is 26.9 Å². The van der Waals surface area contributed by atoms with E-state index in [1.54, 1.807) is 0 Å². The van der Waals surface area contributed by atoms with Crippen LogP contribution in [0.1, 0.15) is 6.23 Å². The molecule has 0 saturated heterocycles. The molecule has 21 heavy (non-hydrogen) atoms. The molecule has 116 valence electrons. The van der Waals surface area contributed by atoms with Crippen LogP contribution < -0.4 is 11.2 Å². The largest absolute Gasteiger partial charge is 0.506 e. The normalized spacial score (nSPS) is 21.6. The van der Waals surface area contributed by atoms with Gasteiger partial charge in [-0.15, -0.1) is 0 Å². The highest BCUT2D eigenvalue weighted by molar-refractivity contribution is 5.14. The van der Waals surface area contributed by atoms with Crippen molar-refractivity contribution in [3.8, 4) is 0 Å². The van der Waals surface area contributed by atoms with Crippen LogP contribution in [0.5, 0.6) is 0 Å². The highest BCUT2D eigenvalue weighted by Crippen LogP contribution is 2.32. The van der Waals surface area contributed by atoms with E-state index >= 15 is 0 Å². The molecule has 0 radical (unpaired) electrons. The average Bonchev–Trinajstić information content (AvgIpc) is 2.76. The zero-order valence-corrected chi connectivity index (χ0v) is 11.3. The summed E-state index contributed by atoms with van der Waals surface area (Å²) < 4.78 is 16.7. The summed E-state index contributed by atoms with van der Waals surface area (Å²) in [5.41, 5.74) is -1.26. The minimum absolute atomic E-state index is 0.0829. The molecule has 3 N–H and O–H groups in total. The molecule has 2 rings (SSSR count). The fraction of sp³-hybridized carbons (Fsp3) is 0.500. The van der Waals surface area contributed by atoms with Crippen molar-refractivity contribution >= 4 is 0 Å². The lowest BCUT2D eigenvalue weighted by Gasteiger charge is -2.21. The van der Waals surface area contributed by atoms with Crippen LogP contribution in [0.25, 0.3) is 0 Å². The van der Waals surface area contributed by atoms with Gasteiger partial charge in [-0.2, -0.15) is 0 Å². The lowest BCUT2D eigenvalue weighted by Crippen LogP contribution is -2.37. The Labute approximate surface area is 119 Å². The van der Waals surface area contributed by atoms with Crippen molar-refractivity contribution in [3.63, 3.8) is 0 Å². The van der Waals surface area contributed by atoms with Gasteiger partial charge >= 0.3 is 5.69 Å². The number of ether oxygens (including phenoxy) is 3. The van der Waals surface area contributed by atoms with E-state index < -0.39 is 30.2 Å². The van der Waals surface area contributed by atoms with E-state index in [2.05, 4.69) is 4.98 Å². The second-order valence-corrected chi connectivity index (χ2v) is 4.28. The number of aromatic nitrogens is 2. The molecule has 0 saturated carbocycles. The summed E-state index contributed by atoms with van der Waals surface area (Å²) in [5.74, 6) is -0.378. The Morgan fingerprint density at radius 3 is 2.81 bits per heavy atom. The molecule has 1 aromatic rings. The Hall–Kier alpha value is -2.10. The van der Waals surface area contributed by atoms with Gasteiger partial charge < -0.3 is 24.4 Å². The molecule has 0 aliphatic carbocycles. The highest BCUT2D eigenvalue weighted by Gasteiger charge is 2.39. The fourth-order valence-electron chi connectivity index (χ4n) is 1.93. The first kappa shape index (κ1) is 15.3. The molecule has 9 nitrogen and oxygen atoms in total. The number of methoxy groups -OCH3 is 1. The Balaban J connectivity index is 2.28. The van der Waals surface area contributed by atoms with Crippen LogP contribution >= 0.6 is 0 Å². The van der Waals surface area contributed by atoms with Crippen molar-refractivity contribution in [2.24, 2.45) is 0 Å². The van der Waals surface area contributed by atoms with Crippen molar-refractivity contribution in [3.05, 3.63) is 44.6 Å². The fourth-order valence-corrected chi connectivity index (χ4v) is 1.93. The SMILES string of the molecule is COCCOC1C(O)=C(CO)O[C@H]1n1ccc(=O)[nH]c1=O. The van der Waals surface area contributed by atoms with E-state index in [-0.39, 0.29) is 24.7 Å². The summed E-state index contributed by atoms with van der Waals surface area (Å²) in [6.45, 7) is -0.0993. The number of hydrogen-bond donors (Lipinski definition) is 3. The highest BCUT2D eigenvalue weighted by atomic mass is 16.6. The zero-order valence-electron chi connectivity index (χ0n) is 11.3. The van der Waals surface area contributed by atoms with Crippen LogP contribution in [-0.4, -0.2) is 52.8 Å². The van der Waals surface area contributed by atoms with Gasteiger partial charge in [0.2, 0.25) is 6.23 Å². The van der Waals surface area contributed by atoms with Crippen molar-refractivity contribution in [2.45, 2.75) is 12.3 Å². The third kappa shape index (κ3) is 3.15. The number of hydrogen-bond acceptors (Lipinski definition) is 7. The van der Waals surface area contributed by atoms with E-state index in [0.717, 1.165) is 10.6 Å². The minimum atomic E-state index is -1.02. The zero-order chi connectivity index (χ0) is 15.4. The molecular formula is C12H16N2O7. The maximum atomic E-state index is 11.8. The third-order valence-electron chi connectivity index (χ3n) is 2.93. The van der Waals surface area contributed by atoms with Gasteiger partial charge in [0, 0.05) is 19.4 Å². The number of nitrogens with zero attached hydrogens (tertiary/aromatic N) is 1. The minimum Gasteiger partial charge on any atom is -0.506 e. The van der Waals surface area contributed by atoms with Crippen LogP contribution in [0.2, 0.25) is 0 Å². The Bertz CT molecular complexity index is 633. The number of rotatable bonds is 6. The summed E-state index contributed by atoms with van der Waals surface area (Å²) in [6, 6.07) is 1.14. The standard InChI is InChI=1S/C12H16N2O7/c1-19-4-5-20-10-9(17)7(6-15)21-11(10)14-3-2-8(16)13-12(14)18/h2-3,10-11,15,17H,4-6H2,1H3,(H,13,16,18)/t10?,11-/m1/s1. The number of aliphatic hydroxyl groups excluding tert-OH is 2. The van der Waals surface area contributed by atoms with Crippen LogP contribution in [0.15, 0.2) is 33.4 Å². The maximum absolute atomic E-state index is 11.8. The van der Waals surface area contributed by atoms with Crippen molar-refractivity contribution in [1.82, 2.24) is 9.55 Å². The van der Waals surface area contributed by atoms with Crippen LogP contribution in [0.3, 0.4) is 0 Å². The van der Waals surface area contributed by atoms with Crippen LogP contribution in [0, 0.1) is 0 Å². The molecule has 2 atom stereocenters. The number of aromatic amines is 1. The summed E-state index contributed by atoms with van der Waals surface area (Å²) in [4.78, 5) is 24.9. The molecule has 1 unspecified atom stereocenters. The van der Waals surface area contributed by atoms with E-state index in [1.165, 1.54) is 13.3 Å². The van der Waals surface area contributed by atoms with E-state index in [1.807, 2.05) is 0 Å². The van der Waals surface area contributed by atoms with Gasteiger partial charge in [0.05, 0.1) is 13.2 Å². The quantitative estimate of drug-likeness (QED) is 0.567. The number of aliphatic hydroxyl groups is 2. The van der Waals surface area contributed by atoms with E-state index in [0.29, 0.717) is 0 Å². The van der Waals surface area contributed by atoms with Gasteiger partial charge in [0.15, 0.2) is 17.6 Å². The molecule has 1 aliphatic rings. The van der Waals surface area contributed by atoms with Gasteiger partial charge in [-0.3, -0.25) is 14.3 Å². The summed E-state index contributed by atoms with van der Waals surface area (Å²) in [7, 11) is 1.49. The first-order valence-electron chi connectivity index (χ1n) is 6.20. The predicted octanol–water partition coefficient (Wildman–Crippen LogP) is -1.14. The Morgan fingerprint density at radius 2 is 2.19 bits per heavy atom. The Kier molecular flexibility index (Phi) is 4.78. The van der Waals surface area contributed by atoms with Crippen molar-refractivity contribution in [1.29, 1.82) is 0 Å². The van der Waals surface area contributed by atoms with Crippen molar-refractivity contribution < 1.29 is 24.4 Å². The van der Waals surface area contributed by atoms with Gasteiger partial charge in [-0.05, 0) is 0 Å². The molecule has 0 bridgehead atoms. The first-order chi connectivity index (χ1) is 10.1. The van der Waals surface area contributed by atoms with Gasteiger partial charge in [0.25, 0.3) is 5.56 Å². The lowest BCUT2D eigenvalue weighted by atomic mass is 10.2. The van der Waals surface area contributed by atoms with E-state index in [9.17, 15) is 14.7 Å². The lowest BCUT2D eigenvalue weighted by molar-refractivity contribution is -0.0659. The summed E-state index contributed by atoms with van der Waals surface area (Å²) in [5, 5.41) is 19.1. The number of nitrogens with one attached hydrogen (secondary N) is 1. The first-order valence-corrected chi connectivity index (χ1v) is 6.20. The smallest absolute Gasteiger partial charge is 0.331 e. The molecule has 2 heterocycles. The second-order valence-electron chi connectivity index (χ2n) is 4.28. The second kappa shape index (κ2) is 6.57. The molecule has 0 spiro atoms. The molecule has 0 aromatic carbocycles. The summed E-state index contributed by atoms with van der Waals surface area (Å²) >= 11 is 0.